The topological polar surface area (TPSA) is 12.9 Å². The highest BCUT2D eigenvalue weighted by Crippen LogP contribution is 2.69. The second kappa shape index (κ2) is 13.6. The number of pyridine rings is 1. The second-order valence-corrected chi connectivity index (χ2v) is 20.0. The van der Waals surface area contributed by atoms with Gasteiger partial charge in [-0.25, -0.2) is 4.98 Å². The molecule has 6 aliphatic carbocycles. The van der Waals surface area contributed by atoms with Gasteiger partial charge in [-0.05, 0) is 144 Å². The average Bonchev–Trinajstić information content (AvgIpc) is 3.93. The van der Waals surface area contributed by atoms with Crippen molar-refractivity contribution in [2.75, 3.05) is 0 Å². The third-order valence-corrected chi connectivity index (χ3v) is 16.8. The van der Waals surface area contributed by atoms with Crippen molar-refractivity contribution in [3.63, 3.8) is 0 Å². The fraction of sp³-hybridized carbons (Fsp3) is 0.154. The van der Waals surface area contributed by atoms with Gasteiger partial charge in [0.1, 0.15) is 0 Å². The molecule has 7 aromatic carbocycles. The molecule has 8 aromatic rings. The molecular weight excluding hydrogens is 795 g/mol. The van der Waals surface area contributed by atoms with E-state index in [2.05, 4.69) is 221 Å². The van der Waals surface area contributed by atoms with E-state index in [1.807, 2.05) is 0 Å². The Hall–Kier alpha value is -7.35. The highest BCUT2D eigenvalue weighted by atomic mass is 14.7. The molecule has 0 amide bonds. The van der Waals surface area contributed by atoms with E-state index in [0.29, 0.717) is 5.92 Å². The van der Waals surface area contributed by atoms with Gasteiger partial charge in [0.15, 0.2) is 0 Å². The van der Waals surface area contributed by atoms with Crippen molar-refractivity contribution in [3.8, 4) is 33.6 Å². The van der Waals surface area contributed by atoms with E-state index in [4.69, 9.17) is 4.98 Å². The lowest BCUT2D eigenvalue weighted by molar-refractivity contribution is 0.418. The summed E-state index contributed by atoms with van der Waals surface area (Å²) in [6.07, 6.45) is 12.8. The predicted octanol–water partition coefficient (Wildman–Crippen LogP) is 15.6. The van der Waals surface area contributed by atoms with Gasteiger partial charge in [-0.3, -0.25) is 0 Å². The molecule has 1 heteroatoms. The number of nitrogens with zero attached hydrogens (tertiary/aromatic N) is 1. The number of hydrogen-bond donors (Lipinski definition) is 0. The Labute approximate surface area is 388 Å². The number of fused-ring (bicyclic) bond motifs is 18. The first-order valence-corrected chi connectivity index (χ1v) is 23.9. The Morgan fingerprint density at radius 1 is 0.500 bits per heavy atom. The molecule has 2 unspecified atom stereocenters. The summed E-state index contributed by atoms with van der Waals surface area (Å²) in [5.41, 5.74) is 28.0. The van der Waals surface area contributed by atoms with E-state index in [1.165, 1.54) is 106 Å². The van der Waals surface area contributed by atoms with Gasteiger partial charge >= 0.3 is 0 Å². The van der Waals surface area contributed by atoms with Crippen molar-refractivity contribution in [3.05, 3.63) is 273 Å². The standard InChI is InChI=1S/C65H49N/c1-40-50(42-36-37-48-43-22-7-12-28-51(43)63(2,3)59(48)38-42)39-60(66-62(40)41-20-5-4-6-21-41)49-27-19-35-58-61(49)65(54-31-15-10-25-46(54)47-26-11-16-32-55(47)65)57-34-18-17-33-56(57)64(58)52-29-13-8-23-44(52)45-24-9-14-30-53(45)64/h4-10,12-25,27-37,39,59H,11,26,38H2,1-3H3. The zero-order valence-electron chi connectivity index (χ0n) is 37.7. The lowest BCUT2D eigenvalue weighted by atomic mass is 9.51. The van der Waals surface area contributed by atoms with Crippen molar-refractivity contribution in [2.24, 2.45) is 5.92 Å². The quantitative estimate of drug-likeness (QED) is 0.173. The molecule has 2 atom stereocenters. The molecule has 6 aliphatic rings. The van der Waals surface area contributed by atoms with Crippen LogP contribution in [-0.2, 0) is 16.2 Å². The normalized spacial score (nSPS) is 20.4. The van der Waals surface area contributed by atoms with Gasteiger partial charge < -0.3 is 0 Å². The van der Waals surface area contributed by atoms with Crippen LogP contribution in [0.1, 0.15) is 99.9 Å². The Morgan fingerprint density at radius 3 is 1.77 bits per heavy atom. The Balaban J connectivity index is 1.11. The third-order valence-electron chi connectivity index (χ3n) is 16.8. The molecule has 0 radical (unpaired) electrons. The zero-order valence-corrected chi connectivity index (χ0v) is 37.7. The molecule has 66 heavy (non-hydrogen) atoms. The van der Waals surface area contributed by atoms with E-state index in [-0.39, 0.29) is 5.41 Å². The van der Waals surface area contributed by atoms with Crippen LogP contribution in [0.4, 0.5) is 0 Å². The van der Waals surface area contributed by atoms with Crippen molar-refractivity contribution in [1.82, 2.24) is 4.98 Å². The molecule has 2 spiro atoms. The van der Waals surface area contributed by atoms with Gasteiger partial charge in [-0.15, -0.1) is 0 Å². The van der Waals surface area contributed by atoms with E-state index in [1.54, 1.807) is 0 Å². The second-order valence-electron chi connectivity index (χ2n) is 20.0. The number of aromatic nitrogens is 1. The van der Waals surface area contributed by atoms with Crippen molar-refractivity contribution in [2.45, 2.75) is 56.3 Å². The largest absolute Gasteiger partial charge is 0.247 e. The SMILES string of the molecule is Cc1c(C2=CC=C3c4ccccc4C(C)(C)C3C2)cc(-c2cccc3c2C2(C4=C(CCC=C4)c4ccccc42)c2ccccc2C32c3ccccc3-c3ccccc32)nc1-c1ccccc1. The van der Waals surface area contributed by atoms with Crippen molar-refractivity contribution in [1.29, 1.82) is 0 Å². The first-order chi connectivity index (χ1) is 32.4. The van der Waals surface area contributed by atoms with Crippen LogP contribution in [0.5, 0.6) is 0 Å². The Bertz CT molecular complexity index is 3510. The van der Waals surface area contributed by atoms with Crippen LogP contribution in [-0.4, -0.2) is 4.98 Å². The number of allylic oxidation sites excluding steroid dienone is 8. The molecule has 1 heterocycles. The van der Waals surface area contributed by atoms with Gasteiger partial charge in [0.25, 0.3) is 0 Å². The lowest BCUT2D eigenvalue weighted by Crippen LogP contribution is -2.44. The van der Waals surface area contributed by atoms with Gasteiger partial charge in [0.2, 0.25) is 0 Å². The van der Waals surface area contributed by atoms with E-state index in [0.717, 1.165) is 36.2 Å². The summed E-state index contributed by atoms with van der Waals surface area (Å²) in [5, 5.41) is 0. The molecule has 0 N–H and O–H groups in total. The van der Waals surface area contributed by atoms with Crippen LogP contribution >= 0.6 is 0 Å². The third kappa shape index (κ3) is 4.68. The maximum Gasteiger partial charge on any atom is 0.0744 e. The molecule has 14 rings (SSSR count). The molecule has 0 bridgehead atoms. The van der Waals surface area contributed by atoms with Gasteiger partial charge in [0.05, 0.1) is 22.2 Å². The predicted molar refractivity (Wildman–Crippen MR) is 272 cm³/mol. The molecule has 314 valence electrons. The number of hydrogen-bond acceptors (Lipinski definition) is 1. The molecule has 0 fully saturated rings. The van der Waals surface area contributed by atoms with E-state index >= 15 is 0 Å². The zero-order chi connectivity index (χ0) is 43.9. The summed E-state index contributed by atoms with van der Waals surface area (Å²) in [6, 6.07) is 67.0. The summed E-state index contributed by atoms with van der Waals surface area (Å²) in [6.45, 7) is 7.20. The molecule has 1 nitrogen and oxygen atoms in total. The molecule has 0 saturated carbocycles. The van der Waals surface area contributed by atoms with Gasteiger partial charge in [-0.1, -0.05) is 208 Å². The minimum absolute atomic E-state index is 0.0171. The van der Waals surface area contributed by atoms with Crippen LogP contribution in [0.25, 0.3) is 50.4 Å². The minimum atomic E-state index is -0.579. The smallest absolute Gasteiger partial charge is 0.0744 e. The van der Waals surface area contributed by atoms with Crippen LogP contribution in [0.15, 0.2) is 206 Å². The summed E-state index contributed by atoms with van der Waals surface area (Å²) >= 11 is 0. The molecule has 0 aliphatic heterocycles. The summed E-state index contributed by atoms with van der Waals surface area (Å²) in [7, 11) is 0. The van der Waals surface area contributed by atoms with E-state index < -0.39 is 10.8 Å². The highest BCUT2D eigenvalue weighted by molar-refractivity contribution is 5.97. The highest BCUT2D eigenvalue weighted by Gasteiger charge is 2.60. The Kier molecular flexibility index (Phi) is 7.82. The maximum atomic E-state index is 5.90. The fourth-order valence-corrected chi connectivity index (χ4v) is 14.1. The maximum absolute atomic E-state index is 5.90. The fourth-order valence-electron chi connectivity index (χ4n) is 14.1. The molecule has 1 aromatic heterocycles. The van der Waals surface area contributed by atoms with Crippen LogP contribution in [0.2, 0.25) is 0 Å². The Morgan fingerprint density at radius 2 is 1.06 bits per heavy atom. The molecule has 0 saturated heterocycles. The van der Waals surface area contributed by atoms with E-state index in [9.17, 15) is 0 Å². The van der Waals surface area contributed by atoms with Crippen LogP contribution in [0.3, 0.4) is 0 Å². The molecular formula is C65H49N. The van der Waals surface area contributed by atoms with Crippen molar-refractivity contribution >= 4 is 16.7 Å². The van der Waals surface area contributed by atoms with Crippen LogP contribution < -0.4 is 0 Å². The summed E-state index contributed by atoms with van der Waals surface area (Å²) in [5.74, 6) is 0.385. The summed E-state index contributed by atoms with van der Waals surface area (Å²) < 4.78 is 0. The van der Waals surface area contributed by atoms with Gasteiger partial charge in [0, 0.05) is 11.1 Å². The first kappa shape index (κ1) is 38.0. The summed E-state index contributed by atoms with van der Waals surface area (Å²) in [4.78, 5) is 5.90. The monoisotopic (exact) mass is 843 g/mol. The average molecular weight is 844 g/mol. The minimum Gasteiger partial charge on any atom is -0.247 e. The number of rotatable bonds is 3. The first-order valence-electron chi connectivity index (χ1n) is 23.9. The lowest BCUT2D eigenvalue weighted by Gasteiger charge is -2.50. The van der Waals surface area contributed by atoms with Crippen molar-refractivity contribution < 1.29 is 0 Å². The van der Waals surface area contributed by atoms with Crippen LogP contribution in [0, 0.1) is 12.8 Å². The number of benzene rings is 7. The van der Waals surface area contributed by atoms with Gasteiger partial charge in [-0.2, -0.15) is 0 Å².